The van der Waals surface area contributed by atoms with Gasteiger partial charge < -0.3 is 24.7 Å². The van der Waals surface area contributed by atoms with Crippen LogP contribution in [-0.4, -0.2) is 95.0 Å². The molecule has 1 amide bonds. The molecule has 2 unspecified atom stereocenters. The number of carbonyl (C=O) groups is 1. The van der Waals surface area contributed by atoms with Gasteiger partial charge in [0.05, 0.1) is 18.9 Å². The highest BCUT2D eigenvalue weighted by atomic mass is 32.1. The Bertz CT molecular complexity index is 1430. The number of amides is 1. The number of fused-ring (bicyclic) bond motifs is 2. The average Bonchev–Trinajstić information content (AvgIpc) is 3.61. The minimum atomic E-state index is -0.780. The topological polar surface area (TPSA) is 89.4 Å². The molecule has 2 aromatic carbocycles. The van der Waals surface area contributed by atoms with Crippen LogP contribution in [0.15, 0.2) is 36.4 Å². The van der Waals surface area contributed by atoms with Crippen LogP contribution in [0, 0.1) is 25.7 Å². The van der Waals surface area contributed by atoms with Crippen LogP contribution < -0.4 is 4.74 Å². The van der Waals surface area contributed by atoms with Crippen molar-refractivity contribution in [3.8, 4) is 27.4 Å². The van der Waals surface area contributed by atoms with Gasteiger partial charge in [-0.2, -0.15) is 0 Å². The number of aliphatic hydroxyl groups excluding tert-OH is 1. The Balaban J connectivity index is 1.09. The van der Waals surface area contributed by atoms with Crippen LogP contribution in [0.3, 0.4) is 0 Å². The fraction of sp³-hybridized carbons (Fsp3) is 0.515. The highest BCUT2D eigenvalue weighted by Gasteiger charge is 2.38. The predicted octanol–water partition coefficient (Wildman–Crippen LogP) is 5.14. The molecular weight excluding hydrogens is 548 g/mol. The van der Waals surface area contributed by atoms with Gasteiger partial charge >= 0.3 is 6.09 Å². The van der Waals surface area contributed by atoms with E-state index in [1.54, 1.807) is 16.2 Å². The van der Waals surface area contributed by atoms with Gasteiger partial charge in [-0.25, -0.2) is 9.78 Å². The molecule has 2 fully saturated rings. The molecule has 2 atom stereocenters. The van der Waals surface area contributed by atoms with Crippen LogP contribution in [0.25, 0.3) is 21.7 Å². The molecule has 1 aromatic heterocycles. The molecule has 224 valence electrons. The normalized spacial score (nSPS) is 20.9. The number of benzene rings is 2. The van der Waals surface area contributed by atoms with E-state index < -0.39 is 6.09 Å². The molecule has 2 saturated heterocycles. The highest BCUT2D eigenvalue weighted by molar-refractivity contribution is 7.15. The van der Waals surface area contributed by atoms with E-state index in [1.807, 2.05) is 0 Å². The van der Waals surface area contributed by atoms with Crippen molar-refractivity contribution in [2.24, 2.45) is 11.8 Å². The molecule has 0 aliphatic carbocycles. The SMILES string of the molecule is Cc1c(OCCCN2CCC3CN(C(=O)O)CC3C2)cccc1-c1cccc(-c2nc3c(s2)CN(CCO)CC3)c1C. The second-order valence-corrected chi connectivity index (χ2v) is 13.1. The van der Waals surface area contributed by atoms with Crippen LogP contribution in [0.2, 0.25) is 0 Å². The highest BCUT2D eigenvalue weighted by Crippen LogP contribution is 2.39. The lowest BCUT2D eigenvalue weighted by molar-refractivity contribution is 0.139. The van der Waals surface area contributed by atoms with E-state index in [1.165, 1.54) is 32.8 Å². The van der Waals surface area contributed by atoms with Crippen LogP contribution in [0.5, 0.6) is 5.75 Å². The third-order valence-electron chi connectivity index (χ3n) is 9.40. The average molecular weight is 591 g/mol. The number of piperidine rings is 1. The van der Waals surface area contributed by atoms with Crippen LogP contribution in [0.1, 0.15) is 34.5 Å². The molecule has 6 rings (SSSR count). The van der Waals surface area contributed by atoms with Crippen molar-refractivity contribution in [1.82, 2.24) is 19.7 Å². The molecule has 9 heteroatoms. The number of β-amino-alcohol motifs (C(OH)–C–C–N with tert-alkyl or cyclic N) is 1. The standard InChI is InChI=1S/C33H42N4O4S/c1-22-26(6-3-8-28(22)32-34-29-11-14-36(15-16-38)21-31(29)42-32)27-7-4-9-30(23(27)2)41-17-5-12-35-13-10-24-19-37(33(39)40)20-25(24)18-35/h3-4,6-9,24-25,38H,5,10-21H2,1-2H3,(H,39,40). The first-order chi connectivity index (χ1) is 20.4. The van der Waals surface area contributed by atoms with E-state index >= 15 is 0 Å². The number of ether oxygens (including phenoxy) is 1. The van der Waals surface area contributed by atoms with Gasteiger partial charge in [-0.1, -0.05) is 30.3 Å². The van der Waals surface area contributed by atoms with Crippen LogP contribution in [0.4, 0.5) is 4.79 Å². The molecule has 0 radical (unpaired) electrons. The van der Waals surface area contributed by atoms with Crippen molar-refractivity contribution in [2.45, 2.75) is 39.7 Å². The smallest absolute Gasteiger partial charge is 0.407 e. The Hall–Kier alpha value is -2.98. The van der Waals surface area contributed by atoms with Gasteiger partial charge in [0.15, 0.2) is 0 Å². The molecule has 8 nitrogen and oxygen atoms in total. The maximum atomic E-state index is 11.4. The minimum Gasteiger partial charge on any atom is -0.493 e. The largest absolute Gasteiger partial charge is 0.493 e. The van der Waals surface area contributed by atoms with Crippen molar-refractivity contribution in [3.63, 3.8) is 0 Å². The molecular formula is C33H42N4O4S. The van der Waals surface area contributed by atoms with Crippen LogP contribution >= 0.6 is 11.3 Å². The third-order valence-corrected chi connectivity index (χ3v) is 10.5. The van der Waals surface area contributed by atoms with E-state index in [0.29, 0.717) is 38.1 Å². The van der Waals surface area contributed by atoms with Gasteiger partial charge in [0.25, 0.3) is 0 Å². The maximum absolute atomic E-state index is 11.4. The molecule has 0 saturated carbocycles. The molecule has 3 aromatic rings. The van der Waals surface area contributed by atoms with E-state index in [9.17, 15) is 15.0 Å². The van der Waals surface area contributed by atoms with Crippen molar-refractivity contribution in [1.29, 1.82) is 0 Å². The van der Waals surface area contributed by atoms with Gasteiger partial charge in [-0.15, -0.1) is 11.3 Å². The maximum Gasteiger partial charge on any atom is 0.407 e. The van der Waals surface area contributed by atoms with Gasteiger partial charge in [0.1, 0.15) is 10.8 Å². The van der Waals surface area contributed by atoms with Crippen molar-refractivity contribution < 1.29 is 19.7 Å². The summed E-state index contributed by atoms with van der Waals surface area (Å²) in [6.07, 6.45) is 2.19. The van der Waals surface area contributed by atoms with Gasteiger partial charge in [0, 0.05) is 62.7 Å². The first-order valence-electron chi connectivity index (χ1n) is 15.3. The Morgan fingerprint density at radius 2 is 1.74 bits per heavy atom. The number of nitrogens with zero attached hydrogens (tertiary/aromatic N) is 4. The summed E-state index contributed by atoms with van der Waals surface area (Å²) in [5.74, 6) is 1.91. The summed E-state index contributed by atoms with van der Waals surface area (Å²) in [7, 11) is 0. The summed E-state index contributed by atoms with van der Waals surface area (Å²) in [4.78, 5) is 24.1. The molecule has 0 spiro atoms. The van der Waals surface area contributed by atoms with Crippen molar-refractivity contribution in [2.75, 3.05) is 59.0 Å². The first-order valence-corrected chi connectivity index (χ1v) is 16.1. The summed E-state index contributed by atoms with van der Waals surface area (Å²) in [5.41, 5.74) is 7.16. The number of likely N-dealkylation sites (tertiary alicyclic amines) is 2. The number of rotatable bonds is 9. The number of carboxylic acid groups (broad SMARTS) is 1. The number of hydrogen-bond acceptors (Lipinski definition) is 7. The lowest BCUT2D eigenvalue weighted by Gasteiger charge is -2.34. The zero-order valence-electron chi connectivity index (χ0n) is 24.7. The fourth-order valence-electron chi connectivity index (χ4n) is 6.99. The monoisotopic (exact) mass is 590 g/mol. The lowest BCUT2D eigenvalue weighted by atomic mass is 9.89. The summed E-state index contributed by atoms with van der Waals surface area (Å²) >= 11 is 1.78. The zero-order valence-corrected chi connectivity index (χ0v) is 25.5. The summed E-state index contributed by atoms with van der Waals surface area (Å²) in [6.45, 7) is 12.1. The molecule has 0 bridgehead atoms. The van der Waals surface area contributed by atoms with E-state index in [-0.39, 0.29) is 6.61 Å². The summed E-state index contributed by atoms with van der Waals surface area (Å²) in [6, 6.07) is 12.8. The molecule has 2 N–H and O–H groups in total. The Labute approximate surface area is 252 Å². The van der Waals surface area contributed by atoms with E-state index in [0.717, 1.165) is 68.3 Å². The van der Waals surface area contributed by atoms with Gasteiger partial charge in [-0.3, -0.25) is 4.90 Å². The number of thiazole rings is 1. The van der Waals surface area contributed by atoms with Crippen LogP contribution in [-0.2, 0) is 13.0 Å². The predicted molar refractivity (Wildman–Crippen MR) is 166 cm³/mol. The van der Waals surface area contributed by atoms with E-state index in [4.69, 9.17) is 9.72 Å². The zero-order chi connectivity index (χ0) is 29.2. The molecule has 4 heterocycles. The first kappa shape index (κ1) is 29.1. The van der Waals surface area contributed by atoms with E-state index in [2.05, 4.69) is 60.0 Å². The van der Waals surface area contributed by atoms with Crippen molar-refractivity contribution in [3.05, 3.63) is 58.1 Å². The quantitative estimate of drug-likeness (QED) is 0.334. The second kappa shape index (κ2) is 12.7. The fourth-order valence-corrected chi connectivity index (χ4v) is 8.22. The Morgan fingerprint density at radius 3 is 2.55 bits per heavy atom. The Kier molecular flexibility index (Phi) is 8.81. The lowest BCUT2D eigenvalue weighted by Crippen LogP contribution is -2.40. The van der Waals surface area contributed by atoms with Crippen molar-refractivity contribution >= 4 is 17.4 Å². The summed E-state index contributed by atoms with van der Waals surface area (Å²) in [5, 5.41) is 19.8. The molecule has 3 aliphatic rings. The third kappa shape index (κ3) is 6.06. The molecule has 3 aliphatic heterocycles. The van der Waals surface area contributed by atoms with Gasteiger partial charge in [-0.05, 0) is 73.4 Å². The second-order valence-electron chi connectivity index (χ2n) is 12.0. The number of aliphatic hydroxyl groups is 1. The number of aromatic nitrogens is 1. The Morgan fingerprint density at radius 1 is 0.976 bits per heavy atom. The molecule has 42 heavy (non-hydrogen) atoms. The van der Waals surface area contributed by atoms with Gasteiger partial charge in [0.2, 0.25) is 0 Å². The minimum absolute atomic E-state index is 0.193. The number of hydrogen-bond donors (Lipinski definition) is 2. The summed E-state index contributed by atoms with van der Waals surface area (Å²) < 4.78 is 6.32.